The van der Waals surface area contributed by atoms with Crippen LogP contribution in [-0.4, -0.2) is 11.6 Å². The van der Waals surface area contributed by atoms with Gasteiger partial charge >= 0.3 is 0 Å². The highest BCUT2D eigenvalue weighted by Crippen LogP contribution is 2.31. The number of anilines is 1. The average Bonchev–Trinajstić information content (AvgIpc) is 2.39. The molecule has 0 bridgehead atoms. The molecule has 0 fully saturated rings. The molecule has 2 rings (SSSR count). The van der Waals surface area contributed by atoms with Crippen molar-refractivity contribution in [1.29, 1.82) is 0 Å². The van der Waals surface area contributed by atoms with E-state index >= 15 is 0 Å². The Labute approximate surface area is 113 Å². The summed E-state index contributed by atoms with van der Waals surface area (Å²) in [6.45, 7) is 4.54. The van der Waals surface area contributed by atoms with Crippen LogP contribution >= 0.6 is 0 Å². The Hall–Kier alpha value is -2.07. The van der Waals surface area contributed by atoms with Crippen LogP contribution in [0.1, 0.15) is 29.7 Å². The first-order chi connectivity index (χ1) is 9.15. The number of ether oxygens (including phenoxy) is 1. The van der Waals surface area contributed by atoms with Gasteiger partial charge in [0.25, 0.3) is 0 Å². The smallest absolute Gasteiger partial charge is 0.128 e. The van der Waals surface area contributed by atoms with Crippen molar-refractivity contribution in [2.24, 2.45) is 5.73 Å². The average molecular weight is 257 g/mol. The van der Waals surface area contributed by atoms with E-state index in [4.69, 9.17) is 16.2 Å². The summed E-state index contributed by atoms with van der Waals surface area (Å²) < 4.78 is 5.62. The molecule has 1 aromatic heterocycles. The van der Waals surface area contributed by atoms with E-state index in [2.05, 4.69) is 4.98 Å². The Morgan fingerprint density at radius 2 is 2.00 bits per heavy atom. The maximum absolute atomic E-state index is 6.35. The molecule has 0 radical (unpaired) electrons. The van der Waals surface area contributed by atoms with Crippen molar-refractivity contribution in [2.45, 2.75) is 19.9 Å². The van der Waals surface area contributed by atoms with Crippen LogP contribution in [0.3, 0.4) is 0 Å². The molecule has 19 heavy (non-hydrogen) atoms. The van der Waals surface area contributed by atoms with Gasteiger partial charge in [-0.05, 0) is 31.5 Å². The number of rotatable bonds is 4. The molecule has 0 saturated heterocycles. The van der Waals surface area contributed by atoms with Crippen molar-refractivity contribution in [2.75, 3.05) is 12.3 Å². The molecule has 2 aromatic rings. The molecule has 1 heterocycles. The minimum absolute atomic E-state index is 0.337. The summed E-state index contributed by atoms with van der Waals surface area (Å²) in [4.78, 5) is 4.12. The molecule has 0 aliphatic rings. The highest BCUT2D eigenvalue weighted by atomic mass is 16.5. The number of nitrogens with zero attached hydrogens (tertiary/aromatic N) is 1. The molecule has 0 saturated carbocycles. The SMILES string of the molecule is CCOc1ccccc1C(N)c1c(C)ccnc1N. The van der Waals surface area contributed by atoms with Crippen LogP contribution < -0.4 is 16.2 Å². The number of benzene rings is 1. The monoisotopic (exact) mass is 257 g/mol. The second-order valence-corrected chi connectivity index (χ2v) is 4.38. The van der Waals surface area contributed by atoms with Crippen molar-refractivity contribution < 1.29 is 4.74 Å². The number of aromatic nitrogens is 1. The minimum Gasteiger partial charge on any atom is -0.494 e. The fourth-order valence-corrected chi connectivity index (χ4v) is 2.18. The topological polar surface area (TPSA) is 74.2 Å². The quantitative estimate of drug-likeness (QED) is 0.882. The van der Waals surface area contributed by atoms with Crippen molar-refractivity contribution in [1.82, 2.24) is 4.98 Å². The Balaban J connectivity index is 2.47. The predicted molar refractivity (Wildman–Crippen MR) is 77.0 cm³/mol. The van der Waals surface area contributed by atoms with Gasteiger partial charge in [0.15, 0.2) is 0 Å². The number of pyridine rings is 1. The van der Waals surface area contributed by atoms with Gasteiger partial charge in [0.1, 0.15) is 11.6 Å². The molecule has 4 N–H and O–H groups in total. The maximum atomic E-state index is 6.35. The highest BCUT2D eigenvalue weighted by molar-refractivity contribution is 5.52. The van der Waals surface area contributed by atoms with E-state index in [1.807, 2.05) is 44.2 Å². The predicted octanol–water partition coefficient (Wildman–Crippen LogP) is 2.42. The van der Waals surface area contributed by atoms with Gasteiger partial charge in [0.2, 0.25) is 0 Å². The van der Waals surface area contributed by atoms with Crippen molar-refractivity contribution in [3.63, 3.8) is 0 Å². The number of nitrogen functional groups attached to an aromatic ring is 1. The zero-order valence-corrected chi connectivity index (χ0v) is 11.3. The first-order valence-corrected chi connectivity index (χ1v) is 6.33. The lowest BCUT2D eigenvalue weighted by Crippen LogP contribution is -2.17. The van der Waals surface area contributed by atoms with Crippen LogP contribution in [0.15, 0.2) is 36.5 Å². The van der Waals surface area contributed by atoms with Gasteiger partial charge in [-0.3, -0.25) is 0 Å². The van der Waals surface area contributed by atoms with E-state index in [9.17, 15) is 0 Å². The lowest BCUT2D eigenvalue weighted by Gasteiger charge is -2.19. The summed E-state index contributed by atoms with van der Waals surface area (Å²) in [5, 5.41) is 0. The molecule has 0 spiro atoms. The molecular formula is C15H19N3O. The van der Waals surface area contributed by atoms with Crippen LogP contribution in [0.4, 0.5) is 5.82 Å². The molecule has 1 atom stereocenters. The van der Waals surface area contributed by atoms with E-state index in [1.54, 1.807) is 6.20 Å². The van der Waals surface area contributed by atoms with E-state index in [1.165, 1.54) is 0 Å². The molecule has 0 aliphatic heterocycles. The number of aryl methyl sites for hydroxylation is 1. The summed E-state index contributed by atoms with van der Waals surface area (Å²) >= 11 is 0. The normalized spacial score (nSPS) is 12.2. The van der Waals surface area contributed by atoms with Gasteiger partial charge < -0.3 is 16.2 Å². The minimum atomic E-state index is -0.337. The van der Waals surface area contributed by atoms with Crippen LogP contribution in [0, 0.1) is 6.92 Å². The van der Waals surface area contributed by atoms with Crippen LogP contribution in [0.2, 0.25) is 0 Å². The molecule has 4 nitrogen and oxygen atoms in total. The zero-order chi connectivity index (χ0) is 13.8. The molecule has 0 aliphatic carbocycles. The van der Waals surface area contributed by atoms with Gasteiger partial charge in [-0.1, -0.05) is 18.2 Å². The van der Waals surface area contributed by atoms with Gasteiger partial charge in [-0.15, -0.1) is 0 Å². The number of hydrogen-bond donors (Lipinski definition) is 2. The van der Waals surface area contributed by atoms with Gasteiger partial charge in [0.05, 0.1) is 12.6 Å². The van der Waals surface area contributed by atoms with Crippen molar-refractivity contribution >= 4 is 5.82 Å². The summed E-state index contributed by atoms with van der Waals surface area (Å²) in [5.41, 5.74) is 15.1. The summed E-state index contributed by atoms with van der Waals surface area (Å²) in [6.07, 6.45) is 1.69. The lowest BCUT2D eigenvalue weighted by molar-refractivity contribution is 0.335. The van der Waals surface area contributed by atoms with Crippen molar-refractivity contribution in [3.8, 4) is 5.75 Å². The van der Waals surface area contributed by atoms with Crippen LogP contribution in [0.25, 0.3) is 0 Å². The Bertz CT molecular complexity index is 549. The summed E-state index contributed by atoms with van der Waals surface area (Å²) in [6, 6.07) is 9.33. The van der Waals surface area contributed by atoms with E-state index < -0.39 is 0 Å². The fourth-order valence-electron chi connectivity index (χ4n) is 2.18. The summed E-state index contributed by atoms with van der Waals surface area (Å²) in [7, 11) is 0. The van der Waals surface area contributed by atoms with E-state index in [-0.39, 0.29) is 6.04 Å². The standard InChI is InChI=1S/C15H19N3O/c1-3-19-12-7-5-4-6-11(12)14(16)13-10(2)8-9-18-15(13)17/h4-9,14H,3,16H2,1-2H3,(H2,17,18). The molecule has 0 amide bonds. The van der Waals surface area contributed by atoms with Crippen molar-refractivity contribution in [3.05, 3.63) is 53.2 Å². The second-order valence-electron chi connectivity index (χ2n) is 4.38. The van der Waals surface area contributed by atoms with Crippen LogP contribution in [0.5, 0.6) is 5.75 Å². The molecular weight excluding hydrogens is 238 g/mol. The van der Waals surface area contributed by atoms with Gasteiger partial charge in [-0.25, -0.2) is 4.98 Å². The third-order valence-corrected chi connectivity index (χ3v) is 3.10. The van der Waals surface area contributed by atoms with E-state index in [0.29, 0.717) is 12.4 Å². The Morgan fingerprint density at radius 1 is 1.26 bits per heavy atom. The lowest BCUT2D eigenvalue weighted by atomic mass is 9.96. The molecule has 1 aromatic carbocycles. The number of para-hydroxylation sites is 1. The fraction of sp³-hybridized carbons (Fsp3) is 0.267. The van der Waals surface area contributed by atoms with Gasteiger partial charge in [0, 0.05) is 17.3 Å². The third-order valence-electron chi connectivity index (χ3n) is 3.10. The number of hydrogen-bond acceptors (Lipinski definition) is 4. The largest absolute Gasteiger partial charge is 0.494 e. The van der Waals surface area contributed by atoms with Crippen LogP contribution in [-0.2, 0) is 0 Å². The Morgan fingerprint density at radius 3 is 2.68 bits per heavy atom. The first-order valence-electron chi connectivity index (χ1n) is 6.33. The number of nitrogens with two attached hydrogens (primary N) is 2. The van der Waals surface area contributed by atoms with Gasteiger partial charge in [-0.2, -0.15) is 0 Å². The molecule has 4 heteroatoms. The second kappa shape index (κ2) is 5.71. The highest BCUT2D eigenvalue weighted by Gasteiger charge is 2.18. The molecule has 1 unspecified atom stereocenters. The Kier molecular flexibility index (Phi) is 4.02. The zero-order valence-electron chi connectivity index (χ0n) is 11.3. The first kappa shape index (κ1) is 13.4. The van der Waals surface area contributed by atoms with E-state index in [0.717, 1.165) is 22.4 Å². The maximum Gasteiger partial charge on any atom is 0.128 e. The third kappa shape index (κ3) is 2.69. The summed E-state index contributed by atoms with van der Waals surface area (Å²) in [5.74, 6) is 1.26. The molecule has 100 valence electrons.